The van der Waals surface area contributed by atoms with Gasteiger partial charge in [-0.05, 0) is 37.0 Å². The van der Waals surface area contributed by atoms with Gasteiger partial charge in [0.25, 0.3) is 0 Å². The van der Waals surface area contributed by atoms with Gasteiger partial charge in [-0.3, -0.25) is 4.90 Å². The van der Waals surface area contributed by atoms with Gasteiger partial charge in [0.2, 0.25) is 0 Å². The van der Waals surface area contributed by atoms with Crippen LogP contribution in [0.1, 0.15) is 58.8 Å². The van der Waals surface area contributed by atoms with Gasteiger partial charge >= 0.3 is 0 Å². The van der Waals surface area contributed by atoms with Crippen molar-refractivity contribution in [2.45, 2.75) is 64.8 Å². The van der Waals surface area contributed by atoms with Gasteiger partial charge in [-0.2, -0.15) is 0 Å². The second-order valence-electron chi connectivity index (χ2n) is 6.75. The Labute approximate surface area is 115 Å². The molecule has 0 heterocycles. The number of rotatable bonds is 6. The predicted octanol–water partition coefficient (Wildman–Crippen LogP) is 4.45. The molecule has 2 aliphatic rings. The molecule has 0 bridgehead atoms. The molecule has 0 aromatic heterocycles. The molecule has 0 aliphatic heterocycles. The molecular formula is C15H28BrN. The summed E-state index contributed by atoms with van der Waals surface area (Å²) in [4.78, 5) is 2.83. The fourth-order valence-corrected chi connectivity index (χ4v) is 4.26. The Bertz CT molecular complexity index is 224. The zero-order chi connectivity index (χ0) is 12.3. The number of nitrogens with zero attached hydrogens (tertiary/aromatic N) is 1. The number of halogens is 1. The third-order valence-corrected chi connectivity index (χ3v) is 5.87. The maximum absolute atomic E-state index is 3.76. The van der Waals surface area contributed by atoms with Crippen LogP contribution in [0.2, 0.25) is 0 Å². The summed E-state index contributed by atoms with van der Waals surface area (Å²) in [5, 5.41) is 1.21. The predicted molar refractivity (Wildman–Crippen MR) is 78.7 cm³/mol. The fraction of sp³-hybridized carbons (Fsp3) is 1.00. The van der Waals surface area contributed by atoms with Crippen molar-refractivity contribution < 1.29 is 0 Å². The van der Waals surface area contributed by atoms with Crippen LogP contribution in [0.15, 0.2) is 0 Å². The first kappa shape index (κ1) is 13.9. The maximum atomic E-state index is 3.76. The van der Waals surface area contributed by atoms with Crippen molar-refractivity contribution in [2.24, 2.45) is 11.3 Å². The molecule has 0 N–H and O–H groups in total. The van der Waals surface area contributed by atoms with Crippen LogP contribution in [-0.2, 0) is 0 Å². The number of hydrogen-bond donors (Lipinski definition) is 0. The first-order valence-electron chi connectivity index (χ1n) is 7.45. The van der Waals surface area contributed by atoms with Gasteiger partial charge in [0, 0.05) is 24.5 Å². The van der Waals surface area contributed by atoms with Crippen LogP contribution < -0.4 is 0 Å². The lowest BCUT2D eigenvalue weighted by Crippen LogP contribution is -2.48. The first-order valence-corrected chi connectivity index (χ1v) is 8.57. The van der Waals surface area contributed by atoms with E-state index in [-0.39, 0.29) is 0 Å². The molecule has 0 aromatic carbocycles. The standard InChI is InChI=1S/C15H28BrN/c1-13(2)10-17(14-6-3-4-7-14)12-15(11-16)8-5-9-15/h13-14H,3-12H2,1-2H3. The van der Waals surface area contributed by atoms with Crippen molar-refractivity contribution in [3.63, 3.8) is 0 Å². The zero-order valence-electron chi connectivity index (χ0n) is 11.6. The van der Waals surface area contributed by atoms with Crippen molar-refractivity contribution in [1.29, 1.82) is 0 Å². The molecule has 100 valence electrons. The highest BCUT2D eigenvalue weighted by Crippen LogP contribution is 2.44. The van der Waals surface area contributed by atoms with Gasteiger partial charge < -0.3 is 0 Å². The van der Waals surface area contributed by atoms with E-state index in [1.807, 2.05) is 0 Å². The highest BCUT2D eigenvalue weighted by Gasteiger charge is 2.39. The molecule has 2 heteroatoms. The fourth-order valence-electron chi connectivity index (χ4n) is 3.52. The number of alkyl halides is 1. The molecule has 0 unspecified atom stereocenters. The summed E-state index contributed by atoms with van der Waals surface area (Å²) < 4.78 is 0. The molecule has 0 amide bonds. The molecule has 1 nitrogen and oxygen atoms in total. The van der Waals surface area contributed by atoms with Crippen molar-refractivity contribution >= 4 is 15.9 Å². The second kappa shape index (κ2) is 6.06. The van der Waals surface area contributed by atoms with E-state index in [4.69, 9.17) is 0 Å². The van der Waals surface area contributed by atoms with Gasteiger partial charge in [0.1, 0.15) is 0 Å². The van der Waals surface area contributed by atoms with E-state index in [0.29, 0.717) is 5.41 Å². The van der Waals surface area contributed by atoms with Crippen LogP contribution in [0.3, 0.4) is 0 Å². The molecule has 0 atom stereocenters. The summed E-state index contributed by atoms with van der Waals surface area (Å²) in [5.41, 5.74) is 0.622. The lowest BCUT2D eigenvalue weighted by molar-refractivity contribution is 0.0581. The summed E-state index contributed by atoms with van der Waals surface area (Å²) in [7, 11) is 0. The average Bonchev–Trinajstić information content (AvgIpc) is 2.74. The van der Waals surface area contributed by atoms with Crippen LogP contribution >= 0.6 is 15.9 Å². The Balaban J connectivity index is 1.94. The Morgan fingerprint density at radius 2 is 1.82 bits per heavy atom. The Kier molecular flexibility index (Phi) is 4.94. The van der Waals surface area contributed by atoms with Gasteiger partial charge in [0.15, 0.2) is 0 Å². The summed E-state index contributed by atoms with van der Waals surface area (Å²) in [5.74, 6) is 0.808. The third kappa shape index (κ3) is 3.47. The van der Waals surface area contributed by atoms with Gasteiger partial charge in [-0.1, -0.05) is 49.0 Å². The van der Waals surface area contributed by atoms with E-state index < -0.39 is 0 Å². The van der Waals surface area contributed by atoms with Gasteiger partial charge in [-0.15, -0.1) is 0 Å². The molecule has 2 fully saturated rings. The normalized spacial score (nSPS) is 24.5. The van der Waals surface area contributed by atoms with E-state index in [9.17, 15) is 0 Å². The van der Waals surface area contributed by atoms with Crippen LogP contribution in [-0.4, -0.2) is 29.4 Å². The van der Waals surface area contributed by atoms with E-state index in [0.717, 1.165) is 12.0 Å². The highest BCUT2D eigenvalue weighted by atomic mass is 79.9. The SMILES string of the molecule is CC(C)CN(CC1(CBr)CCC1)C1CCCC1. The van der Waals surface area contributed by atoms with E-state index in [2.05, 4.69) is 34.7 Å². The number of hydrogen-bond acceptors (Lipinski definition) is 1. The molecule has 17 heavy (non-hydrogen) atoms. The Morgan fingerprint density at radius 3 is 2.24 bits per heavy atom. The largest absolute Gasteiger partial charge is 0.300 e. The molecule has 0 spiro atoms. The van der Waals surface area contributed by atoms with Crippen molar-refractivity contribution in [3.8, 4) is 0 Å². The lowest BCUT2D eigenvalue weighted by atomic mass is 9.70. The van der Waals surface area contributed by atoms with E-state index in [1.165, 1.54) is 63.4 Å². The lowest BCUT2D eigenvalue weighted by Gasteiger charge is -2.46. The maximum Gasteiger partial charge on any atom is 0.0100 e. The third-order valence-electron chi connectivity index (χ3n) is 4.68. The monoisotopic (exact) mass is 301 g/mol. The summed E-state index contributed by atoms with van der Waals surface area (Å²) >= 11 is 3.76. The second-order valence-corrected chi connectivity index (χ2v) is 7.31. The minimum Gasteiger partial charge on any atom is -0.300 e. The molecule has 0 radical (unpaired) electrons. The van der Waals surface area contributed by atoms with Crippen molar-refractivity contribution in [1.82, 2.24) is 4.90 Å². The first-order chi connectivity index (χ1) is 8.15. The average molecular weight is 302 g/mol. The van der Waals surface area contributed by atoms with E-state index >= 15 is 0 Å². The molecule has 2 saturated carbocycles. The van der Waals surface area contributed by atoms with Gasteiger partial charge in [-0.25, -0.2) is 0 Å². The summed E-state index contributed by atoms with van der Waals surface area (Å²) in [6, 6.07) is 0.897. The van der Waals surface area contributed by atoms with Crippen molar-refractivity contribution in [2.75, 3.05) is 18.4 Å². The quantitative estimate of drug-likeness (QED) is 0.655. The zero-order valence-corrected chi connectivity index (χ0v) is 13.1. The minimum atomic E-state index is 0.622. The van der Waals surface area contributed by atoms with Crippen LogP contribution in [0.5, 0.6) is 0 Å². The summed E-state index contributed by atoms with van der Waals surface area (Å²) in [6.07, 6.45) is 10.2. The minimum absolute atomic E-state index is 0.622. The molecule has 2 aliphatic carbocycles. The molecule has 2 rings (SSSR count). The molecular weight excluding hydrogens is 274 g/mol. The van der Waals surface area contributed by atoms with Crippen LogP contribution in [0.4, 0.5) is 0 Å². The molecule has 0 aromatic rings. The van der Waals surface area contributed by atoms with E-state index in [1.54, 1.807) is 0 Å². The Hall–Kier alpha value is 0.440. The van der Waals surface area contributed by atoms with Gasteiger partial charge in [0.05, 0.1) is 0 Å². The molecule has 0 saturated heterocycles. The smallest absolute Gasteiger partial charge is 0.0100 e. The topological polar surface area (TPSA) is 3.24 Å². The van der Waals surface area contributed by atoms with Crippen molar-refractivity contribution in [3.05, 3.63) is 0 Å². The van der Waals surface area contributed by atoms with Crippen LogP contribution in [0.25, 0.3) is 0 Å². The van der Waals surface area contributed by atoms with Crippen LogP contribution in [0, 0.1) is 11.3 Å². The highest BCUT2D eigenvalue weighted by molar-refractivity contribution is 9.09. The Morgan fingerprint density at radius 1 is 1.18 bits per heavy atom. The summed E-state index contributed by atoms with van der Waals surface area (Å²) in [6.45, 7) is 7.38.